The molecule has 0 unspecified atom stereocenters. The van der Waals surface area contributed by atoms with Gasteiger partial charge in [-0.25, -0.2) is 14.1 Å². The first-order valence-corrected chi connectivity index (χ1v) is 10.1. The van der Waals surface area contributed by atoms with Crippen molar-refractivity contribution in [1.82, 2.24) is 24.2 Å². The Morgan fingerprint density at radius 3 is 2.50 bits per heavy atom. The van der Waals surface area contributed by atoms with Crippen molar-refractivity contribution < 1.29 is 4.39 Å². The number of aromatic nitrogens is 4. The fourth-order valence-corrected chi connectivity index (χ4v) is 4.28. The van der Waals surface area contributed by atoms with Gasteiger partial charge in [-0.15, -0.1) is 0 Å². The monoisotopic (exact) mass is 381 g/mol. The van der Waals surface area contributed by atoms with Gasteiger partial charge in [0, 0.05) is 18.2 Å². The molecule has 148 valence electrons. The van der Waals surface area contributed by atoms with Crippen LogP contribution >= 0.6 is 0 Å². The number of halogens is 1. The molecule has 3 heterocycles. The number of hydrogen-bond donors (Lipinski definition) is 0. The second-order valence-corrected chi connectivity index (χ2v) is 7.81. The van der Waals surface area contributed by atoms with Crippen LogP contribution in [-0.4, -0.2) is 43.4 Å². The highest BCUT2D eigenvalue weighted by molar-refractivity contribution is 5.66. The van der Waals surface area contributed by atoms with Gasteiger partial charge >= 0.3 is 0 Å². The van der Waals surface area contributed by atoms with Crippen LogP contribution < -0.4 is 0 Å². The van der Waals surface area contributed by atoms with Crippen LogP contribution in [0.3, 0.4) is 0 Å². The Balaban J connectivity index is 1.63. The van der Waals surface area contributed by atoms with Crippen LogP contribution in [0.1, 0.15) is 37.6 Å². The number of nitrogens with zero attached hydrogens (tertiary/aromatic N) is 5. The quantitative estimate of drug-likeness (QED) is 0.659. The lowest BCUT2D eigenvalue weighted by atomic mass is 10.1. The first-order chi connectivity index (χ1) is 13.5. The maximum absolute atomic E-state index is 13.3. The molecule has 28 heavy (non-hydrogen) atoms. The van der Waals surface area contributed by atoms with E-state index in [1.54, 1.807) is 12.1 Å². The molecule has 0 amide bonds. The Hall–Kier alpha value is -2.47. The van der Waals surface area contributed by atoms with Crippen molar-refractivity contribution in [1.29, 1.82) is 0 Å². The smallest absolute Gasteiger partial charge is 0.123 e. The first kappa shape index (κ1) is 18.9. The van der Waals surface area contributed by atoms with Gasteiger partial charge in [0.1, 0.15) is 5.82 Å². The predicted octanol–water partition coefficient (Wildman–Crippen LogP) is 4.37. The average Bonchev–Trinajstić information content (AvgIpc) is 3.26. The zero-order chi connectivity index (χ0) is 19.7. The number of hydrogen-bond acceptors (Lipinski definition) is 3. The van der Waals surface area contributed by atoms with Gasteiger partial charge in [0.25, 0.3) is 0 Å². The molecule has 0 spiro atoms. The van der Waals surface area contributed by atoms with Crippen LogP contribution in [0.5, 0.6) is 0 Å². The summed E-state index contributed by atoms with van der Waals surface area (Å²) in [6, 6.07) is 6.93. The maximum Gasteiger partial charge on any atom is 0.123 e. The minimum Gasteiger partial charge on any atom is -0.329 e. The summed E-state index contributed by atoms with van der Waals surface area (Å²) in [6.07, 6.45) is 7.78. The van der Waals surface area contributed by atoms with Crippen LogP contribution in [0.15, 0.2) is 36.8 Å². The molecule has 0 aliphatic carbocycles. The Labute approximate surface area is 165 Å². The summed E-state index contributed by atoms with van der Waals surface area (Å²) in [6.45, 7) is 9.67. The van der Waals surface area contributed by atoms with Crippen LogP contribution in [0.25, 0.3) is 16.9 Å². The molecule has 3 aromatic rings. The number of piperidine rings is 1. The second kappa shape index (κ2) is 7.87. The van der Waals surface area contributed by atoms with Crippen LogP contribution in [0.4, 0.5) is 4.39 Å². The number of benzene rings is 1. The summed E-state index contributed by atoms with van der Waals surface area (Å²) in [5.41, 5.74) is 5.05. The lowest BCUT2D eigenvalue weighted by Gasteiger charge is -2.32. The highest BCUT2D eigenvalue weighted by Crippen LogP contribution is 2.29. The molecule has 1 aliphatic rings. The van der Waals surface area contributed by atoms with Gasteiger partial charge in [-0.1, -0.05) is 6.42 Å². The zero-order valence-corrected chi connectivity index (χ0v) is 16.9. The number of imidazole rings is 1. The summed E-state index contributed by atoms with van der Waals surface area (Å²) < 4.78 is 17.4. The summed E-state index contributed by atoms with van der Waals surface area (Å²) >= 11 is 0. The van der Waals surface area contributed by atoms with Crippen molar-refractivity contribution in [3.63, 3.8) is 0 Å². The number of rotatable bonds is 5. The molecular formula is C22H28FN5. The molecule has 0 radical (unpaired) electrons. The van der Waals surface area contributed by atoms with Crippen molar-refractivity contribution in [2.24, 2.45) is 0 Å². The third-order valence-electron chi connectivity index (χ3n) is 5.81. The van der Waals surface area contributed by atoms with E-state index < -0.39 is 0 Å². The molecule has 6 heteroatoms. The maximum atomic E-state index is 13.3. The third-order valence-corrected chi connectivity index (χ3v) is 5.81. The molecule has 1 aromatic carbocycles. The van der Waals surface area contributed by atoms with Gasteiger partial charge < -0.3 is 4.57 Å². The van der Waals surface area contributed by atoms with Crippen molar-refractivity contribution in [3.8, 4) is 16.9 Å². The molecular weight excluding hydrogens is 353 g/mol. The number of aryl methyl sites for hydroxylation is 1. The van der Waals surface area contributed by atoms with Gasteiger partial charge in [0.15, 0.2) is 0 Å². The molecule has 5 nitrogen and oxygen atoms in total. The van der Waals surface area contributed by atoms with Crippen molar-refractivity contribution in [2.45, 2.75) is 52.6 Å². The third kappa shape index (κ3) is 3.61. The molecule has 1 saturated heterocycles. The van der Waals surface area contributed by atoms with Gasteiger partial charge in [-0.05, 0) is 71.0 Å². The van der Waals surface area contributed by atoms with E-state index in [1.807, 2.05) is 24.1 Å². The van der Waals surface area contributed by atoms with E-state index in [1.165, 1.54) is 44.5 Å². The molecule has 1 fully saturated rings. The van der Waals surface area contributed by atoms with Crippen LogP contribution in [-0.2, 0) is 6.54 Å². The molecule has 0 saturated carbocycles. The standard InChI is InChI=1S/C22H28FN5/c1-16(26-11-5-4-6-12-26)14-27-15-24-13-21(27)22-17(2)25-28(18(22)3)20-9-7-19(23)8-10-20/h7-10,13,15-16H,4-6,11-12,14H2,1-3H3/t16-/m1/s1. The number of likely N-dealkylation sites (tertiary alicyclic amines) is 1. The summed E-state index contributed by atoms with van der Waals surface area (Å²) in [5, 5.41) is 4.72. The lowest BCUT2D eigenvalue weighted by molar-refractivity contribution is 0.160. The normalized spacial score (nSPS) is 16.4. The highest BCUT2D eigenvalue weighted by atomic mass is 19.1. The van der Waals surface area contributed by atoms with Gasteiger partial charge in [0.05, 0.1) is 35.3 Å². The van der Waals surface area contributed by atoms with Crippen molar-refractivity contribution in [2.75, 3.05) is 13.1 Å². The topological polar surface area (TPSA) is 38.9 Å². The van der Waals surface area contributed by atoms with Gasteiger partial charge in [-0.2, -0.15) is 5.10 Å². The Bertz CT molecular complexity index is 934. The molecule has 1 atom stereocenters. The Morgan fingerprint density at radius 1 is 1.07 bits per heavy atom. The fraction of sp³-hybridized carbons (Fsp3) is 0.455. The van der Waals surface area contributed by atoms with Crippen molar-refractivity contribution in [3.05, 3.63) is 54.0 Å². The van der Waals surface area contributed by atoms with E-state index in [0.29, 0.717) is 6.04 Å². The highest BCUT2D eigenvalue weighted by Gasteiger charge is 2.21. The average molecular weight is 381 g/mol. The predicted molar refractivity (Wildman–Crippen MR) is 109 cm³/mol. The molecule has 2 aromatic heterocycles. The molecule has 0 bridgehead atoms. The Morgan fingerprint density at radius 2 is 1.79 bits per heavy atom. The molecule has 4 rings (SSSR count). The summed E-state index contributed by atoms with van der Waals surface area (Å²) in [7, 11) is 0. The molecule has 1 aliphatic heterocycles. The minimum absolute atomic E-state index is 0.240. The summed E-state index contributed by atoms with van der Waals surface area (Å²) in [5.74, 6) is -0.240. The lowest BCUT2D eigenvalue weighted by Crippen LogP contribution is -2.39. The second-order valence-electron chi connectivity index (χ2n) is 7.81. The van der Waals surface area contributed by atoms with E-state index in [-0.39, 0.29) is 5.82 Å². The zero-order valence-electron chi connectivity index (χ0n) is 16.9. The van der Waals surface area contributed by atoms with Gasteiger partial charge in [0.2, 0.25) is 0 Å². The first-order valence-electron chi connectivity index (χ1n) is 10.1. The van der Waals surface area contributed by atoms with E-state index in [4.69, 9.17) is 5.10 Å². The van der Waals surface area contributed by atoms with E-state index in [2.05, 4.69) is 28.3 Å². The van der Waals surface area contributed by atoms with Crippen LogP contribution in [0, 0.1) is 19.7 Å². The SMILES string of the molecule is Cc1nn(-c2ccc(F)cc2)c(C)c1-c1cncn1C[C@@H](C)N1CCCCC1. The minimum atomic E-state index is -0.240. The van der Waals surface area contributed by atoms with Crippen LogP contribution in [0.2, 0.25) is 0 Å². The van der Waals surface area contributed by atoms with E-state index in [0.717, 1.165) is 34.9 Å². The Kier molecular flexibility index (Phi) is 5.31. The largest absolute Gasteiger partial charge is 0.329 e. The molecule has 0 N–H and O–H groups in total. The van der Waals surface area contributed by atoms with E-state index >= 15 is 0 Å². The van der Waals surface area contributed by atoms with Crippen molar-refractivity contribution >= 4 is 0 Å². The van der Waals surface area contributed by atoms with Gasteiger partial charge in [-0.3, -0.25) is 4.90 Å². The fourth-order valence-electron chi connectivity index (χ4n) is 4.28. The van der Waals surface area contributed by atoms with E-state index in [9.17, 15) is 4.39 Å². The summed E-state index contributed by atoms with van der Waals surface area (Å²) in [4.78, 5) is 7.01.